The summed E-state index contributed by atoms with van der Waals surface area (Å²) >= 11 is 5.90. The Kier molecular flexibility index (Phi) is 5.15. The highest BCUT2D eigenvalue weighted by atomic mass is 35.5. The van der Waals surface area contributed by atoms with Crippen LogP contribution in [0.15, 0.2) is 36.7 Å². The highest BCUT2D eigenvalue weighted by Gasteiger charge is 2.55. The molecular weight excluding hydrogens is 390 g/mol. The molecule has 1 aliphatic carbocycles. The van der Waals surface area contributed by atoms with E-state index in [1.807, 2.05) is 45.0 Å². The van der Waals surface area contributed by atoms with Crippen molar-refractivity contribution in [2.45, 2.75) is 51.2 Å². The van der Waals surface area contributed by atoms with E-state index < -0.39 is 5.60 Å². The Morgan fingerprint density at radius 1 is 1.24 bits per heavy atom. The van der Waals surface area contributed by atoms with E-state index in [1.54, 1.807) is 17.3 Å². The van der Waals surface area contributed by atoms with E-state index in [1.165, 1.54) is 0 Å². The van der Waals surface area contributed by atoms with E-state index in [4.69, 9.17) is 21.1 Å². The number of hydrogen-bond acceptors (Lipinski definition) is 5. The minimum Gasteiger partial charge on any atom is -0.487 e. The van der Waals surface area contributed by atoms with Gasteiger partial charge in [-0.3, -0.25) is 0 Å². The fourth-order valence-corrected chi connectivity index (χ4v) is 4.15. The van der Waals surface area contributed by atoms with Crippen molar-refractivity contribution in [2.24, 2.45) is 5.41 Å². The maximum Gasteiger partial charge on any atom is 0.410 e. The molecule has 4 rings (SSSR count). The van der Waals surface area contributed by atoms with E-state index in [0.717, 1.165) is 37.1 Å². The third kappa shape index (κ3) is 4.47. The van der Waals surface area contributed by atoms with E-state index >= 15 is 0 Å². The van der Waals surface area contributed by atoms with Gasteiger partial charge >= 0.3 is 6.09 Å². The Labute approximate surface area is 176 Å². The molecule has 1 amide bonds. The number of amides is 1. The second-order valence-electron chi connectivity index (χ2n) is 9.06. The highest BCUT2D eigenvalue weighted by Crippen LogP contribution is 2.49. The van der Waals surface area contributed by atoms with Crippen LogP contribution in [-0.4, -0.2) is 45.8 Å². The minimum absolute atomic E-state index is 0.143. The van der Waals surface area contributed by atoms with Crippen molar-refractivity contribution in [2.75, 3.05) is 13.1 Å². The lowest BCUT2D eigenvalue weighted by Crippen LogP contribution is -2.66. The number of carbonyl (C=O) groups excluding carboxylic acids is 1. The molecule has 2 aromatic rings. The number of nitrogens with zero attached hydrogens (tertiary/aromatic N) is 3. The molecule has 154 valence electrons. The van der Waals surface area contributed by atoms with Crippen LogP contribution in [0, 0.1) is 5.41 Å². The van der Waals surface area contributed by atoms with Gasteiger partial charge in [-0.05, 0) is 45.2 Å². The predicted molar refractivity (Wildman–Crippen MR) is 111 cm³/mol. The molecule has 0 bridgehead atoms. The molecule has 0 atom stereocenters. The molecule has 0 unspecified atom stereocenters. The fourth-order valence-electron chi connectivity index (χ4n) is 3.98. The SMILES string of the molecule is CC(C)(C)OC(=O)N1CC2(CC(Oc3cnc(-c4cccc(CCl)c4)nc3)C2)C1. The van der Waals surface area contributed by atoms with Crippen molar-refractivity contribution in [1.29, 1.82) is 0 Å². The first-order valence-electron chi connectivity index (χ1n) is 9.87. The van der Waals surface area contributed by atoms with Gasteiger partial charge in [-0.1, -0.05) is 18.2 Å². The number of alkyl halides is 1. The second kappa shape index (κ2) is 7.48. The van der Waals surface area contributed by atoms with Gasteiger partial charge in [-0.2, -0.15) is 0 Å². The Morgan fingerprint density at radius 2 is 1.93 bits per heavy atom. The molecule has 2 fully saturated rings. The van der Waals surface area contributed by atoms with Crippen LogP contribution < -0.4 is 4.74 Å². The van der Waals surface area contributed by atoms with E-state index in [0.29, 0.717) is 17.5 Å². The molecule has 2 heterocycles. The maximum absolute atomic E-state index is 12.1. The zero-order valence-electron chi connectivity index (χ0n) is 17.0. The third-order valence-electron chi connectivity index (χ3n) is 5.30. The van der Waals surface area contributed by atoms with Crippen LogP contribution >= 0.6 is 11.6 Å². The van der Waals surface area contributed by atoms with Crippen LogP contribution in [0.1, 0.15) is 39.2 Å². The zero-order chi connectivity index (χ0) is 20.6. The van der Waals surface area contributed by atoms with Crippen LogP contribution in [0.4, 0.5) is 4.79 Å². The topological polar surface area (TPSA) is 64.5 Å². The molecule has 1 saturated carbocycles. The lowest BCUT2D eigenvalue weighted by atomic mass is 9.62. The summed E-state index contributed by atoms with van der Waals surface area (Å²) < 4.78 is 11.4. The summed E-state index contributed by atoms with van der Waals surface area (Å²) in [6.07, 6.45) is 5.22. The smallest absolute Gasteiger partial charge is 0.410 e. The Hall–Kier alpha value is -2.34. The Morgan fingerprint density at radius 3 is 2.55 bits per heavy atom. The molecular formula is C22H26ClN3O3. The van der Waals surface area contributed by atoms with Gasteiger partial charge in [0.25, 0.3) is 0 Å². The molecule has 6 nitrogen and oxygen atoms in total. The van der Waals surface area contributed by atoms with Gasteiger partial charge < -0.3 is 14.4 Å². The summed E-state index contributed by atoms with van der Waals surface area (Å²) in [7, 11) is 0. The van der Waals surface area contributed by atoms with Crippen molar-refractivity contribution >= 4 is 17.7 Å². The number of halogens is 1. The van der Waals surface area contributed by atoms with Crippen molar-refractivity contribution in [1.82, 2.24) is 14.9 Å². The van der Waals surface area contributed by atoms with Crippen LogP contribution in [0.3, 0.4) is 0 Å². The standard InChI is InChI=1S/C22H26ClN3O3/c1-21(2,3)29-20(27)26-13-22(14-26)8-17(9-22)28-18-11-24-19(25-12-18)16-6-4-5-15(7-16)10-23/h4-7,11-12,17H,8-10,13-14H2,1-3H3. The molecule has 7 heteroatoms. The fraction of sp³-hybridized carbons (Fsp3) is 0.500. The summed E-state index contributed by atoms with van der Waals surface area (Å²) in [6.45, 7) is 7.14. The molecule has 1 spiro atoms. The quantitative estimate of drug-likeness (QED) is 0.679. The van der Waals surface area contributed by atoms with Crippen LogP contribution in [0.25, 0.3) is 11.4 Å². The van der Waals surface area contributed by atoms with Gasteiger partial charge in [-0.25, -0.2) is 14.8 Å². The summed E-state index contributed by atoms with van der Waals surface area (Å²) in [5.41, 5.74) is 1.70. The van der Waals surface area contributed by atoms with Crippen LogP contribution in [-0.2, 0) is 10.6 Å². The maximum atomic E-state index is 12.1. The predicted octanol–water partition coefficient (Wildman–Crippen LogP) is 4.66. The van der Waals surface area contributed by atoms with E-state index in [-0.39, 0.29) is 17.6 Å². The number of ether oxygens (including phenoxy) is 2. The molecule has 1 aromatic heterocycles. The van der Waals surface area contributed by atoms with Crippen molar-refractivity contribution in [3.63, 3.8) is 0 Å². The Bertz CT molecular complexity index is 881. The van der Waals surface area contributed by atoms with Gasteiger partial charge in [0.1, 0.15) is 11.7 Å². The first-order chi connectivity index (χ1) is 13.8. The molecule has 1 aliphatic heterocycles. The summed E-state index contributed by atoms with van der Waals surface area (Å²) in [6, 6.07) is 7.89. The molecule has 29 heavy (non-hydrogen) atoms. The first-order valence-corrected chi connectivity index (χ1v) is 10.4. The summed E-state index contributed by atoms with van der Waals surface area (Å²) in [5, 5.41) is 0. The van der Waals surface area contributed by atoms with Gasteiger partial charge in [0, 0.05) is 29.9 Å². The number of aromatic nitrogens is 2. The number of hydrogen-bond donors (Lipinski definition) is 0. The lowest BCUT2D eigenvalue weighted by molar-refractivity contribution is -0.116. The first kappa shape index (κ1) is 20.0. The molecule has 0 N–H and O–H groups in total. The molecule has 2 aliphatic rings. The monoisotopic (exact) mass is 415 g/mol. The number of carbonyl (C=O) groups is 1. The van der Waals surface area contributed by atoms with E-state index in [9.17, 15) is 4.79 Å². The van der Waals surface area contributed by atoms with Crippen molar-refractivity contribution < 1.29 is 14.3 Å². The van der Waals surface area contributed by atoms with Gasteiger partial charge in [0.2, 0.25) is 0 Å². The lowest BCUT2D eigenvalue weighted by Gasteiger charge is -2.58. The molecule has 1 saturated heterocycles. The highest BCUT2D eigenvalue weighted by molar-refractivity contribution is 6.17. The molecule has 1 aromatic carbocycles. The average molecular weight is 416 g/mol. The summed E-state index contributed by atoms with van der Waals surface area (Å²) in [5.74, 6) is 1.79. The normalized spacial score (nSPS) is 18.1. The van der Waals surface area contributed by atoms with Crippen molar-refractivity contribution in [3.05, 3.63) is 42.2 Å². The number of likely N-dealkylation sites (tertiary alicyclic amines) is 1. The number of benzene rings is 1. The van der Waals surface area contributed by atoms with Gasteiger partial charge in [-0.15, -0.1) is 11.6 Å². The van der Waals surface area contributed by atoms with Crippen LogP contribution in [0.5, 0.6) is 5.75 Å². The molecule has 0 radical (unpaired) electrons. The van der Waals surface area contributed by atoms with Gasteiger partial charge in [0.05, 0.1) is 12.4 Å². The number of rotatable bonds is 4. The van der Waals surface area contributed by atoms with E-state index in [2.05, 4.69) is 9.97 Å². The zero-order valence-corrected chi connectivity index (χ0v) is 17.8. The largest absolute Gasteiger partial charge is 0.487 e. The summed E-state index contributed by atoms with van der Waals surface area (Å²) in [4.78, 5) is 22.7. The Balaban J connectivity index is 1.26. The second-order valence-corrected chi connectivity index (χ2v) is 9.33. The minimum atomic E-state index is -0.456. The van der Waals surface area contributed by atoms with Crippen LogP contribution in [0.2, 0.25) is 0 Å². The van der Waals surface area contributed by atoms with Gasteiger partial charge in [0.15, 0.2) is 11.6 Å². The van der Waals surface area contributed by atoms with Crippen molar-refractivity contribution in [3.8, 4) is 17.1 Å². The average Bonchev–Trinajstić information content (AvgIpc) is 2.61. The third-order valence-corrected chi connectivity index (χ3v) is 5.60.